The molecule has 1 amide bonds. The summed E-state index contributed by atoms with van der Waals surface area (Å²) in [5.41, 5.74) is 1.78. The van der Waals surface area contributed by atoms with Crippen LogP contribution in [-0.2, 0) is 6.61 Å². The van der Waals surface area contributed by atoms with Crippen LogP contribution in [-0.4, -0.2) is 20.1 Å². The molecule has 4 rings (SSSR count). The highest BCUT2D eigenvalue weighted by Crippen LogP contribution is 2.30. The van der Waals surface area contributed by atoms with Crippen molar-refractivity contribution in [3.05, 3.63) is 108 Å². The van der Waals surface area contributed by atoms with Crippen LogP contribution < -0.4 is 24.3 Å². The summed E-state index contributed by atoms with van der Waals surface area (Å²) in [6.07, 6.45) is 0. The molecule has 0 unspecified atom stereocenters. The van der Waals surface area contributed by atoms with Crippen LogP contribution in [0.1, 0.15) is 15.9 Å². The smallest absolute Gasteiger partial charge is 0.255 e. The van der Waals surface area contributed by atoms with Crippen molar-refractivity contribution in [3.8, 4) is 28.7 Å². The molecule has 4 aromatic rings. The topological polar surface area (TPSA) is 66.0 Å². The van der Waals surface area contributed by atoms with E-state index in [4.69, 9.17) is 18.9 Å². The third kappa shape index (κ3) is 5.66. The summed E-state index contributed by atoms with van der Waals surface area (Å²) in [7, 11) is 3.19. The lowest BCUT2D eigenvalue weighted by Gasteiger charge is -2.14. The second-order valence-corrected chi connectivity index (χ2v) is 7.36. The molecule has 0 radical (unpaired) electrons. The zero-order chi connectivity index (χ0) is 23.8. The zero-order valence-electron chi connectivity index (χ0n) is 19.0. The van der Waals surface area contributed by atoms with Gasteiger partial charge in [-0.2, -0.15) is 0 Å². The Hall–Kier alpha value is -4.45. The fourth-order valence-electron chi connectivity index (χ4n) is 3.35. The number of carbonyl (C=O) groups is 1. The number of benzene rings is 4. The van der Waals surface area contributed by atoms with Crippen molar-refractivity contribution in [3.63, 3.8) is 0 Å². The van der Waals surface area contributed by atoms with E-state index in [1.165, 1.54) is 0 Å². The molecule has 4 aromatic carbocycles. The molecule has 34 heavy (non-hydrogen) atoms. The van der Waals surface area contributed by atoms with Crippen LogP contribution in [0.4, 0.5) is 5.69 Å². The van der Waals surface area contributed by atoms with Crippen molar-refractivity contribution < 1.29 is 23.7 Å². The van der Waals surface area contributed by atoms with E-state index >= 15 is 0 Å². The van der Waals surface area contributed by atoms with Gasteiger partial charge in [-0.1, -0.05) is 36.4 Å². The number of methoxy groups -OCH3 is 2. The first-order chi connectivity index (χ1) is 16.7. The van der Waals surface area contributed by atoms with Crippen molar-refractivity contribution in [1.82, 2.24) is 0 Å². The zero-order valence-corrected chi connectivity index (χ0v) is 19.0. The lowest BCUT2D eigenvalue weighted by atomic mass is 10.1. The minimum absolute atomic E-state index is 0.227. The third-order valence-corrected chi connectivity index (χ3v) is 5.08. The van der Waals surface area contributed by atoms with Gasteiger partial charge in [-0.15, -0.1) is 0 Å². The first-order valence-electron chi connectivity index (χ1n) is 10.7. The summed E-state index contributed by atoms with van der Waals surface area (Å²) in [5.74, 6) is 2.96. The van der Waals surface area contributed by atoms with Gasteiger partial charge in [0.05, 0.1) is 19.9 Å². The Labute approximate surface area is 198 Å². The van der Waals surface area contributed by atoms with Crippen molar-refractivity contribution in [2.75, 3.05) is 19.5 Å². The molecule has 0 aromatic heterocycles. The largest absolute Gasteiger partial charge is 0.497 e. The van der Waals surface area contributed by atoms with E-state index in [0.717, 1.165) is 5.56 Å². The number of rotatable bonds is 9. The number of nitrogens with one attached hydrogen (secondary N) is 1. The lowest BCUT2D eigenvalue weighted by molar-refractivity contribution is 0.102. The normalized spacial score (nSPS) is 10.3. The number of para-hydroxylation sites is 3. The van der Waals surface area contributed by atoms with Crippen LogP contribution in [0.5, 0.6) is 28.7 Å². The van der Waals surface area contributed by atoms with E-state index in [2.05, 4.69) is 5.32 Å². The third-order valence-electron chi connectivity index (χ3n) is 5.08. The Morgan fingerprint density at radius 3 is 2.24 bits per heavy atom. The van der Waals surface area contributed by atoms with Gasteiger partial charge in [0.15, 0.2) is 5.75 Å². The van der Waals surface area contributed by atoms with Gasteiger partial charge in [-0.3, -0.25) is 4.79 Å². The van der Waals surface area contributed by atoms with Crippen LogP contribution in [0.25, 0.3) is 0 Å². The van der Waals surface area contributed by atoms with Crippen LogP contribution in [0.3, 0.4) is 0 Å². The summed E-state index contributed by atoms with van der Waals surface area (Å²) in [4.78, 5) is 13.1. The molecule has 6 nitrogen and oxygen atoms in total. The van der Waals surface area contributed by atoms with Gasteiger partial charge in [0.25, 0.3) is 5.91 Å². The minimum Gasteiger partial charge on any atom is -0.497 e. The molecule has 0 heterocycles. The summed E-state index contributed by atoms with van der Waals surface area (Å²) in [6, 6.07) is 29.3. The number of ether oxygens (including phenoxy) is 4. The van der Waals surface area contributed by atoms with E-state index in [0.29, 0.717) is 40.0 Å². The highest BCUT2D eigenvalue weighted by atomic mass is 16.5. The SMILES string of the molecule is COc1cccc(OCc2cc(C(=O)Nc3ccccc3Oc3ccccc3)ccc2OC)c1. The first kappa shape index (κ1) is 22.7. The molecule has 172 valence electrons. The molecule has 1 N–H and O–H groups in total. The number of carbonyl (C=O) groups excluding carboxylic acids is 1. The molecule has 0 bridgehead atoms. The first-order valence-corrected chi connectivity index (χ1v) is 10.7. The van der Waals surface area contributed by atoms with Crippen molar-refractivity contribution in [2.24, 2.45) is 0 Å². The molecule has 0 aliphatic rings. The lowest BCUT2D eigenvalue weighted by Crippen LogP contribution is -2.13. The molecular weight excluding hydrogens is 430 g/mol. The van der Waals surface area contributed by atoms with E-state index in [-0.39, 0.29) is 12.5 Å². The van der Waals surface area contributed by atoms with Crippen molar-refractivity contribution in [1.29, 1.82) is 0 Å². The van der Waals surface area contributed by atoms with Crippen LogP contribution >= 0.6 is 0 Å². The molecule has 0 aliphatic heterocycles. The molecular formula is C28H25NO5. The van der Waals surface area contributed by atoms with E-state index in [1.54, 1.807) is 44.6 Å². The maximum Gasteiger partial charge on any atom is 0.255 e. The standard InChI is InChI=1S/C28H25NO5/c1-31-23-11-8-12-24(18-23)33-19-21-17-20(15-16-26(21)32-2)28(30)29-25-13-6-7-14-27(25)34-22-9-4-3-5-10-22/h3-18H,19H2,1-2H3,(H,29,30). The minimum atomic E-state index is -0.269. The Balaban J connectivity index is 1.50. The summed E-state index contributed by atoms with van der Waals surface area (Å²) >= 11 is 0. The van der Waals surface area contributed by atoms with Crippen LogP contribution in [0.15, 0.2) is 97.1 Å². The van der Waals surface area contributed by atoms with Gasteiger partial charge in [-0.25, -0.2) is 0 Å². The average Bonchev–Trinajstić information content (AvgIpc) is 2.89. The molecule has 0 saturated heterocycles. The van der Waals surface area contributed by atoms with Crippen molar-refractivity contribution >= 4 is 11.6 Å². The highest BCUT2D eigenvalue weighted by Gasteiger charge is 2.14. The summed E-state index contributed by atoms with van der Waals surface area (Å²) in [5, 5.41) is 2.94. The Morgan fingerprint density at radius 2 is 1.44 bits per heavy atom. The van der Waals surface area contributed by atoms with Gasteiger partial charge in [0, 0.05) is 17.2 Å². The Morgan fingerprint density at radius 1 is 0.706 bits per heavy atom. The monoisotopic (exact) mass is 455 g/mol. The van der Waals surface area contributed by atoms with Crippen LogP contribution in [0, 0.1) is 0 Å². The number of hydrogen-bond acceptors (Lipinski definition) is 5. The molecule has 0 fully saturated rings. The number of hydrogen-bond donors (Lipinski definition) is 1. The quantitative estimate of drug-likeness (QED) is 0.320. The molecule has 0 spiro atoms. The van der Waals surface area contributed by atoms with Gasteiger partial charge in [0.1, 0.15) is 29.6 Å². The van der Waals surface area contributed by atoms with Gasteiger partial charge >= 0.3 is 0 Å². The van der Waals surface area contributed by atoms with Crippen LogP contribution in [0.2, 0.25) is 0 Å². The van der Waals surface area contributed by atoms with Crippen molar-refractivity contribution in [2.45, 2.75) is 6.61 Å². The number of amides is 1. The van der Waals surface area contributed by atoms with Gasteiger partial charge in [0.2, 0.25) is 0 Å². The fourth-order valence-corrected chi connectivity index (χ4v) is 3.35. The summed E-state index contributed by atoms with van der Waals surface area (Å²) in [6.45, 7) is 0.227. The highest BCUT2D eigenvalue weighted by molar-refractivity contribution is 6.05. The second kappa shape index (κ2) is 10.9. The summed E-state index contributed by atoms with van der Waals surface area (Å²) < 4.78 is 22.6. The van der Waals surface area contributed by atoms with E-state index in [9.17, 15) is 4.79 Å². The molecule has 0 saturated carbocycles. The average molecular weight is 456 g/mol. The second-order valence-electron chi connectivity index (χ2n) is 7.36. The predicted molar refractivity (Wildman–Crippen MR) is 131 cm³/mol. The van der Waals surface area contributed by atoms with Gasteiger partial charge in [-0.05, 0) is 54.6 Å². The maximum atomic E-state index is 13.1. The fraction of sp³-hybridized carbons (Fsp3) is 0.107. The van der Waals surface area contributed by atoms with E-state index < -0.39 is 0 Å². The van der Waals surface area contributed by atoms with E-state index in [1.807, 2.05) is 66.7 Å². The predicted octanol–water partition coefficient (Wildman–Crippen LogP) is 6.33. The molecule has 0 atom stereocenters. The van der Waals surface area contributed by atoms with Gasteiger partial charge < -0.3 is 24.3 Å². The maximum absolute atomic E-state index is 13.1. The molecule has 0 aliphatic carbocycles. The number of anilines is 1. The molecule has 6 heteroatoms. The Bertz CT molecular complexity index is 1260. The Kier molecular flexibility index (Phi) is 7.30.